The third-order valence-electron chi connectivity index (χ3n) is 8.32. The minimum atomic E-state index is -1.65. The van der Waals surface area contributed by atoms with Gasteiger partial charge in [-0.05, 0) is 38.5 Å². The molecule has 1 amide bonds. The minimum absolute atomic E-state index is 0.252. The van der Waals surface area contributed by atoms with E-state index >= 15 is 0 Å². The number of aliphatic hydroxyl groups is 7. The van der Waals surface area contributed by atoms with E-state index in [2.05, 4.69) is 24.4 Å². The van der Waals surface area contributed by atoms with Gasteiger partial charge in [-0.3, -0.25) is 4.79 Å². The summed E-state index contributed by atoms with van der Waals surface area (Å²) in [6.45, 7) is 3.17. The lowest BCUT2D eigenvalue weighted by Gasteiger charge is -2.40. The van der Waals surface area contributed by atoms with Crippen LogP contribution >= 0.6 is 0 Å². The van der Waals surface area contributed by atoms with Crippen molar-refractivity contribution in [3.8, 4) is 0 Å². The summed E-state index contributed by atoms with van der Waals surface area (Å²) in [5.74, 6) is -0.714. The van der Waals surface area contributed by atoms with Crippen LogP contribution in [0.1, 0.15) is 123 Å². The molecule has 0 spiro atoms. The van der Waals surface area contributed by atoms with Crippen LogP contribution < -0.4 is 5.32 Å². The van der Waals surface area contributed by atoms with Gasteiger partial charge in [0.1, 0.15) is 36.6 Å². The Bertz CT molecular complexity index is 739. The average Bonchev–Trinajstić information content (AvgIpc) is 3.02. The summed E-state index contributed by atoms with van der Waals surface area (Å²) in [4.78, 5) is 12.8. The quantitative estimate of drug-likeness (QED) is 0.0519. The number of allylic oxidation sites excluding steroid dienone is 2. The number of rotatable bonds is 26. The van der Waals surface area contributed by atoms with Crippen LogP contribution in [0.15, 0.2) is 12.2 Å². The highest BCUT2D eigenvalue weighted by molar-refractivity contribution is 5.80. The van der Waals surface area contributed by atoms with Crippen LogP contribution in [-0.4, -0.2) is 110 Å². The van der Waals surface area contributed by atoms with E-state index in [-0.39, 0.29) is 6.42 Å². The van der Waals surface area contributed by atoms with Crippen molar-refractivity contribution in [1.29, 1.82) is 0 Å². The number of nitrogens with one attached hydrogen (secondary N) is 1. The third-order valence-corrected chi connectivity index (χ3v) is 8.32. The van der Waals surface area contributed by atoms with Crippen LogP contribution in [0.5, 0.6) is 0 Å². The predicted octanol–water partition coefficient (Wildman–Crippen LogP) is 2.60. The molecule has 1 heterocycles. The molecule has 0 aromatic rings. The zero-order valence-electron chi connectivity index (χ0n) is 27.1. The van der Waals surface area contributed by atoms with Gasteiger partial charge in [0.2, 0.25) is 5.91 Å². The van der Waals surface area contributed by atoms with E-state index in [1.54, 1.807) is 0 Å². The lowest BCUT2D eigenvalue weighted by atomic mass is 9.98. The summed E-state index contributed by atoms with van der Waals surface area (Å²) in [7, 11) is 0. The molecule has 1 aliphatic rings. The van der Waals surface area contributed by atoms with Gasteiger partial charge in [-0.1, -0.05) is 96.6 Å². The second-order valence-corrected chi connectivity index (χ2v) is 12.2. The van der Waals surface area contributed by atoms with Crippen molar-refractivity contribution in [2.75, 3.05) is 13.2 Å². The van der Waals surface area contributed by atoms with Crippen LogP contribution in [-0.2, 0) is 14.3 Å². The average molecular weight is 634 g/mol. The Morgan fingerprint density at radius 1 is 0.773 bits per heavy atom. The Morgan fingerprint density at radius 2 is 1.32 bits per heavy atom. The molecule has 260 valence electrons. The first-order valence-corrected chi connectivity index (χ1v) is 17.1. The van der Waals surface area contributed by atoms with Crippen LogP contribution in [0.25, 0.3) is 0 Å². The van der Waals surface area contributed by atoms with Crippen molar-refractivity contribution in [2.24, 2.45) is 0 Å². The number of aliphatic hydroxyl groups excluding tert-OH is 7. The molecule has 1 saturated heterocycles. The largest absolute Gasteiger partial charge is 0.394 e. The smallest absolute Gasteiger partial charge is 0.249 e. The maximum absolute atomic E-state index is 12.8. The fraction of sp³-hybridized carbons (Fsp3) is 0.909. The number of hydrogen-bond donors (Lipinski definition) is 8. The van der Waals surface area contributed by atoms with Gasteiger partial charge in [0, 0.05) is 0 Å². The van der Waals surface area contributed by atoms with Gasteiger partial charge >= 0.3 is 0 Å². The Morgan fingerprint density at radius 3 is 1.93 bits per heavy atom. The predicted molar refractivity (Wildman–Crippen MR) is 169 cm³/mol. The molecule has 0 bridgehead atoms. The highest BCUT2D eigenvalue weighted by Crippen LogP contribution is 2.23. The summed E-state index contributed by atoms with van der Waals surface area (Å²) >= 11 is 0. The fourth-order valence-corrected chi connectivity index (χ4v) is 5.31. The van der Waals surface area contributed by atoms with Crippen LogP contribution in [0.2, 0.25) is 0 Å². The van der Waals surface area contributed by atoms with E-state index in [9.17, 15) is 40.5 Å². The lowest BCUT2D eigenvalue weighted by Crippen LogP contribution is -2.60. The van der Waals surface area contributed by atoms with Crippen LogP contribution in [0.4, 0.5) is 0 Å². The molecule has 1 rings (SSSR count). The third kappa shape index (κ3) is 16.4. The number of amides is 1. The topological polar surface area (TPSA) is 189 Å². The molecule has 0 aliphatic carbocycles. The van der Waals surface area contributed by atoms with Crippen molar-refractivity contribution in [3.63, 3.8) is 0 Å². The second-order valence-electron chi connectivity index (χ2n) is 12.2. The standard InChI is InChI=1S/C33H63NO10/c1-3-5-7-8-9-10-11-12-13-14-15-16-17-19-21-26(37)32(42)34-24(28(38)25(36)20-18-6-4-2)23-43-33-31(41)30(40)29(39)27(22-35)44-33/h10-11,24-31,33,35-41H,3-9,12-23H2,1-2H3,(H,34,42)/b11-10-. The normalized spacial score (nSPS) is 25.2. The van der Waals surface area contributed by atoms with Gasteiger partial charge in [-0.15, -0.1) is 0 Å². The molecule has 8 N–H and O–H groups in total. The van der Waals surface area contributed by atoms with Crippen molar-refractivity contribution in [1.82, 2.24) is 5.32 Å². The Hall–Kier alpha value is -1.15. The van der Waals surface area contributed by atoms with Gasteiger partial charge in [0.15, 0.2) is 6.29 Å². The monoisotopic (exact) mass is 633 g/mol. The Kier molecular flexibility index (Phi) is 23.2. The molecule has 0 saturated carbocycles. The minimum Gasteiger partial charge on any atom is -0.394 e. The second kappa shape index (κ2) is 25.0. The molecular weight excluding hydrogens is 570 g/mol. The maximum Gasteiger partial charge on any atom is 0.249 e. The highest BCUT2D eigenvalue weighted by atomic mass is 16.7. The fourth-order valence-electron chi connectivity index (χ4n) is 5.31. The molecule has 0 aromatic carbocycles. The van der Waals surface area contributed by atoms with Gasteiger partial charge in [-0.25, -0.2) is 0 Å². The number of unbranched alkanes of at least 4 members (excludes halogenated alkanes) is 12. The zero-order valence-corrected chi connectivity index (χ0v) is 27.1. The number of carbonyl (C=O) groups excluding carboxylic acids is 1. The van der Waals surface area contributed by atoms with E-state index in [1.165, 1.54) is 32.1 Å². The first-order valence-electron chi connectivity index (χ1n) is 17.1. The van der Waals surface area contributed by atoms with Crippen LogP contribution in [0.3, 0.4) is 0 Å². The molecule has 1 fully saturated rings. The van der Waals surface area contributed by atoms with Gasteiger partial charge in [0.25, 0.3) is 0 Å². The highest BCUT2D eigenvalue weighted by Gasteiger charge is 2.44. The zero-order chi connectivity index (χ0) is 32.7. The van der Waals surface area contributed by atoms with Gasteiger partial charge in [0.05, 0.1) is 25.4 Å². The summed E-state index contributed by atoms with van der Waals surface area (Å²) in [5, 5.41) is 74.1. The van der Waals surface area contributed by atoms with E-state index in [0.29, 0.717) is 19.3 Å². The number of carbonyl (C=O) groups is 1. The Balaban J connectivity index is 2.49. The summed E-state index contributed by atoms with van der Waals surface area (Å²) in [6, 6.07) is -1.16. The SMILES string of the molecule is CCCCCC/C=C\CCCCCCCCC(O)C(=O)NC(COC1OC(CO)C(O)C(O)C1O)C(O)C(O)CCCCC. The van der Waals surface area contributed by atoms with E-state index in [4.69, 9.17) is 9.47 Å². The lowest BCUT2D eigenvalue weighted by molar-refractivity contribution is -0.303. The summed E-state index contributed by atoms with van der Waals surface area (Å²) in [5.41, 5.74) is 0. The molecule has 0 aromatic heterocycles. The first-order chi connectivity index (χ1) is 21.2. The van der Waals surface area contributed by atoms with Crippen molar-refractivity contribution >= 4 is 5.91 Å². The Labute approximate surface area is 264 Å². The molecule has 1 aliphatic heterocycles. The maximum atomic E-state index is 12.8. The van der Waals surface area contributed by atoms with Crippen molar-refractivity contribution < 1.29 is 50.0 Å². The molecule has 9 unspecified atom stereocenters. The summed E-state index contributed by atoms with van der Waals surface area (Å²) < 4.78 is 10.9. The number of ether oxygens (including phenoxy) is 2. The van der Waals surface area contributed by atoms with Gasteiger partial charge in [-0.2, -0.15) is 0 Å². The van der Waals surface area contributed by atoms with E-state index in [1.807, 2.05) is 6.92 Å². The van der Waals surface area contributed by atoms with Gasteiger partial charge < -0.3 is 50.5 Å². The van der Waals surface area contributed by atoms with E-state index in [0.717, 1.165) is 51.4 Å². The van der Waals surface area contributed by atoms with E-state index < -0.39 is 74.2 Å². The number of hydrogen-bond acceptors (Lipinski definition) is 10. The molecular formula is C33H63NO10. The first kappa shape index (κ1) is 40.9. The molecule has 9 atom stereocenters. The molecule has 0 radical (unpaired) electrons. The van der Waals surface area contributed by atoms with Crippen LogP contribution in [0, 0.1) is 0 Å². The van der Waals surface area contributed by atoms with Crippen molar-refractivity contribution in [2.45, 2.75) is 178 Å². The summed E-state index contributed by atoms with van der Waals surface area (Å²) in [6.07, 6.45) is 9.55. The molecule has 11 nitrogen and oxygen atoms in total. The van der Waals surface area contributed by atoms with Crippen molar-refractivity contribution in [3.05, 3.63) is 12.2 Å². The molecule has 44 heavy (non-hydrogen) atoms. The molecule has 11 heteroatoms.